The van der Waals surface area contributed by atoms with Crippen molar-refractivity contribution in [3.8, 4) is 0 Å². The normalized spacial score (nSPS) is 40.0. The Morgan fingerprint density at radius 2 is 1.35 bits per heavy atom. The monoisotopic (exact) mass is 477 g/mol. The molecule has 7 heteroatoms. The van der Waals surface area contributed by atoms with Gasteiger partial charge in [0.05, 0.1) is 11.3 Å². The number of hydrogen-bond donors (Lipinski definition) is 0. The van der Waals surface area contributed by atoms with Crippen LogP contribution in [0.2, 0.25) is 0 Å². The van der Waals surface area contributed by atoms with Gasteiger partial charge >= 0.3 is 17.8 Å². The topological polar surface area (TPSA) is 4.93 Å². The van der Waals surface area contributed by atoms with Crippen LogP contribution in [0.25, 0.3) is 5.57 Å². The second-order valence-electron chi connectivity index (χ2n) is 11.3. The molecule has 2 aromatic rings. The first-order valence-corrected chi connectivity index (χ1v) is 12.1. The largest absolute Gasteiger partial charge is 0.380 e. The SMILES string of the molecule is Cn1ccc2c1C1=C(C(c3ccccc3)C23C2CC4CC(C2)CC3C4)C(F)(F)C(F)(F)C1(F)F. The van der Waals surface area contributed by atoms with Gasteiger partial charge in [0.2, 0.25) is 0 Å². The van der Waals surface area contributed by atoms with Crippen LogP contribution in [0.5, 0.6) is 0 Å². The number of nitrogens with zero attached hydrogens (tertiary/aromatic N) is 1. The molecule has 1 aromatic carbocycles. The van der Waals surface area contributed by atoms with Crippen LogP contribution in [0, 0.1) is 23.7 Å². The molecule has 180 valence electrons. The van der Waals surface area contributed by atoms with Crippen molar-refractivity contribution in [2.45, 2.75) is 61.2 Å². The molecule has 0 aliphatic heterocycles. The molecule has 4 fully saturated rings. The number of alkyl halides is 6. The predicted octanol–water partition coefficient (Wildman–Crippen LogP) is 7.19. The third-order valence-electron chi connectivity index (χ3n) is 9.87. The minimum atomic E-state index is -5.49. The van der Waals surface area contributed by atoms with Crippen molar-refractivity contribution < 1.29 is 26.3 Å². The van der Waals surface area contributed by atoms with Crippen LogP contribution in [0.3, 0.4) is 0 Å². The van der Waals surface area contributed by atoms with E-state index in [9.17, 15) is 8.78 Å². The summed E-state index contributed by atoms with van der Waals surface area (Å²) in [6, 6.07) is 10.2. The predicted molar refractivity (Wildman–Crippen MR) is 115 cm³/mol. The lowest BCUT2D eigenvalue weighted by Gasteiger charge is -2.65. The maximum Gasteiger partial charge on any atom is 0.380 e. The number of rotatable bonds is 1. The average molecular weight is 477 g/mol. The van der Waals surface area contributed by atoms with Gasteiger partial charge in [-0.2, -0.15) is 26.3 Å². The lowest BCUT2D eigenvalue weighted by Crippen LogP contribution is -2.60. The first-order chi connectivity index (χ1) is 16.0. The van der Waals surface area contributed by atoms with Crippen molar-refractivity contribution in [3.05, 3.63) is 65.0 Å². The molecule has 1 unspecified atom stereocenters. The molecule has 0 radical (unpaired) electrons. The van der Waals surface area contributed by atoms with Gasteiger partial charge in [-0.3, -0.25) is 0 Å². The first-order valence-electron chi connectivity index (χ1n) is 12.1. The molecule has 1 aromatic heterocycles. The van der Waals surface area contributed by atoms with Gasteiger partial charge in [-0.15, -0.1) is 0 Å². The highest BCUT2D eigenvalue weighted by Crippen LogP contribution is 2.76. The molecule has 1 spiro atoms. The zero-order valence-electron chi connectivity index (χ0n) is 18.7. The second kappa shape index (κ2) is 6.14. The van der Waals surface area contributed by atoms with Crippen LogP contribution < -0.4 is 0 Å². The number of benzene rings is 1. The smallest absolute Gasteiger partial charge is 0.350 e. The van der Waals surface area contributed by atoms with Crippen LogP contribution in [-0.2, 0) is 12.5 Å². The number of allylic oxidation sites excluding steroid dienone is 2. The Morgan fingerprint density at radius 3 is 1.94 bits per heavy atom. The Kier molecular flexibility index (Phi) is 3.81. The second-order valence-corrected chi connectivity index (χ2v) is 11.3. The molecule has 34 heavy (non-hydrogen) atoms. The van der Waals surface area contributed by atoms with Crippen molar-refractivity contribution in [3.63, 3.8) is 0 Å². The van der Waals surface area contributed by atoms with E-state index in [1.54, 1.807) is 42.6 Å². The summed E-state index contributed by atoms with van der Waals surface area (Å²) in [5.41, 5.74) is -2.19. The van der Waals surface area contributed by atoms with Crippen LogP contribution >= 0.6 is 0 Å². The van der Waals surface area contributed by atoms with Gasteiger partial charge in [0.1, 0.15) is 0 Å². The summed E-state index contributed by atoms with van der Waals surface area (Å²) in [4.78, 5) is 0. The number of halogens is 6. The molecule has 6 aliphatic carbocycles. The standard InChI is InChI=1S/C27H25F6N/c1-34-8-7-19-23(34)22-21(25(28,29)27(32,33)26(22,30)31)20(16-5-3-2-4-6-16)24(19)17-10-14-9-15(12-17)13-18(24)11-14/h2-8,14-15,17-18,20H,9-13H2,1H3. The van der Waals surface area contributed by atoms with E-state index in [1.165, 1.54) is 11.6 Å². The fourth-order valence-corrected chi connectivity index (χ4v) is 9.00. The van der Waals surface area contributed by atoms with E-state index >= 15 is 17.6 Å². The fraction of sp³-hybridized carbons (Fsp3) is 0.556. The summed E-state index contributed by atoms with van der Waals surface area (Å²) in [7, 11) is 1.50. The van der Waals surface area contributed by atoms with E-state index < -0.39 is 40.2 Å². The minimum absolute atomic E-state index is 0.00259. The molecule has 4 bridgehead atoms. The van der Waals surface area contributed by atoms with E-state index in [-0.39, 0.29) is 17.5 Å². The number of aryl methyl sites for hydroxylation is 1. The van der Waals surface area contributed by atoms with Gasteiger partial charge in [-0.1, -0.05) is 30.3 Å². The Hall–Kier alpha value is -2.18. The van der Waals surface area contributed by atoms with Crippen LogP contribution in [0.4, 0.5) is 26.3 Å². The molecule has 1 heterocycles. The van der Waals surface area contributed by atoms with E-state index in [2.05, 4.69) is 0 Å². The molecule has 8 rings (SSSR count). The van der Waals surface area contributed by atoms with Crippen molar-refractivity contribution >= 4 is 5.57 Å². The van der Waals surface area contributed by atoms with Crippen molar-refractivity contribution in [2.75, 3.05) is 0 Å². The van der Waals surface area contributed by atoms with E-state index in [1.807, 2.05) is 0 Å². The molecule has 0 N–H and O–H groups in total. The molecule has 1 nitrogen and oxygen atoms in total. The van der Waals surface area contributed by atoms with Crippen molar-refractivity contribution in [1.29, 1.82) is 0 Å². The molecular weight excluding hydrogens is 452 g/mol. The minimum Gasteiger partial charge on any atom is -0.350 e. The summed E-state index contributed by atoms with van der Waals surface area (Å²) < 4.78 is 93.6. The van der Waals surface area contributed by atoms with Gasteiger partial charge in [0, 0.05) is 30.2 Å². The van der Waals surface area contributed by atoms with Crippen LogP contribution in [0.15, 0.2) is 48.2 Å². The maximum atomic E-state index is 15.7. The third kappa shape index (κ3) is 2.09. The lowest BCUT2D eigenvalue weighted by atomic mass is 9.38. The fourth-order valence-electron chi connectivity index (χ4n) is 9.00. The molecule has 0 saturated heterocycles. The van der Waals surface area contributed by atoms with E-state index in [0.717, 1.165) is 32.1 Å². The zero-order valence-corrected chi connectivity index (χ0v) is 18.7. The van der Waals surface area contributed by atoms with E-state index in [0.29, 0.717) is 23.0 Å². The number of hydrogen-bond acceptors (Lipinski definition) is 0. The Morgan fingerprint density at radius 1 is 0.765 bits per heavy atom. The van der Waals surface area contributed by atoms with Crippen LogP contribution in [0.1, 0.15) is 54.8 Å². The van der Waals surface area contributed by atoms with Gasteiger partial charge < -0.3 is 4.57 Å². The summed E-state index contributed by atoms with van der Waals surface area (Å²) in [6.45, 7) is 0. The molecule has 6 aliphatic rings. The Labute approximate surface area is 193 Å². The number of fused-ring (bicyclic) bond motifs is 2. The third-order valence-corrected chi connectivity index (χ3v) is 9.87. The molecule has 4 saturated carbocycles. The van der Waals surface area contributed by atoms with Crippen LogP contribution in [-0.4, -0.2) is 22.3 Å². The van der Waals surface area contributed by atoms with Gasteiger partial charge in [0.15, 0.2) is 0 Å². The van der Waals surface area contributed by atoms with E-state index in [4.69, 9.17) is 0 Å². The average Bonchev–Trinajstić information content (AvgIpc) is 3.21. The molecule has 1 atom stereocenters. The maximum absolute atomic E-state index is 15.7. The highest BCUT2D eigenvalue weighted by atomic mass is 19.3. The summed E-state index contributed by atoms with van der Waals surface area (Å²) in [6.07, 6.45) is 6.07. The Balaban J connectivity index is 1.62. The highest BCUT2D eigenvalue weighted by Gasteiger charge is 2.84. The van der Waals surface area contributed by atoms with Gasteiger partial charge in [0.25, 0.3) is 0 Å². The van der Waals surface area contributed by atoms with Crippen molar-refractivity contribution in [2.24, 2.45) is 30.7 Å². The quantitative estimate of drug-likeness (QED) is 0.383. The molecular formula is C27H25F6N. The van der Waals surface area contributed by atoms with Gasteiger partial charge in [-0.05, 0) is 73.0 Å². The summed E-state index contributed by atoms with van der Waals surface area (Å²) in [5, 5.41) is 0. The lowest BCUT2D eigenvalue weighted by molar-refractivity contribution is -0.261. The Bertz CT molecular complexity index is 1190. The van der Waals surface area contributed by atoms with Crippen molar-refractivity contribution in [1.82, 2.24) is 4.57 Å². The molecule has 0 amide bonds. The summed E-state index contributed by atoms with van der Waals surface area (Å²) >= 11 is 0. The number of aromatic nitrogens is 1. The van der Waals surface area contributed by atoms with Gasteiger partial charge in [-0.25, -0.2) is 0 Å². The zero-order chi connectivity index (χ0) is 23.8. The highest BCUT2D eigenvalue weighted by molar-refractivity contribution is 5.85. The summed E-state index contributed by atoms with van der Waals surface area (Å²) in [5.74, 6) is -15.6. The first kappa shape index (κ1) is 21.1.